The van der Waals surface area contributed by atoms with Gasteiger partial charge in [0.2, 0.25) is 0 Å². The van der Waals surface area contributed by atoms with Crippen LogP contribution in [0, 0.1) is 12.8 Å². The Bertz CT molecular complexity index is 807. The Hall–Kier alpha value is -2.29. The number of carbonyl (C=O) groups excluding carboxylic acids is 2. The van der Waals surface area contributed by atoms with E-state index >= 15 is 0 Å². The van der Waals surface area contributed by atoms with Gasteiger partial charge in [-0.3, -0.25) is 4.79 Å². The lowest BCUT2D eigenvalue weighted by atomic mass is 9.87. The van der Waals surface area contributed by atoms with Crippen LogP contribution in [0.4, 0.5) is 18.0 Å². The number of nitrogens with zero attached hydrogens (tertiary/aromatic N) is 2. The van der Waals surface area contributed by atoms with Gasteiger partial charge in [-0.15, -0.1) is 13.2 Å². The fourth-order valence-corrected chi connectivity index (χ4v) is 4.36. The number of amides is 2. The van der Waals surface area contributed by atoms with Gasteiger partial charge in [0.1, 0.15) is 12.4 Å². The molecule has 0 aliphatic carbocycles. The zero-order valence-corrected chi connectivity index (χ0v) is 16.1. The standard InChI is InChI=1S/C20H23F3N2O4/c1-12-6-13(2-3-17(12)29-20(21,22)23)15-9-25(10-15)19(27)24-5-4-18-14(8-24)7-16(26)11-28-18/h2-3,6,14-15,18H,4-5,7-11H2,1H3/t14-,18+/m1/s1. The summed E-state index contributed by atoms with van der Waals surface area (Å²) in [5.74, 6) is 0.0306. The highest BCUT2D eigenvalue weighted by Gasteiger charge is 2.40. The molecule has 0 bridgehead atoms. The molecule has 3 fully saturated rings. The van der Waals surface area contributed by atoms with Crippen LogP contribution in [0.3, 0.4) is 0 Å². The topological polar surface area (TPSA) is 59.1 Å². The van der Waals surface area contributed by atoms with E-state index in [1.807, 2.05) is 0 Å². The molecule has 4 rings (SSSR count). The Morgan fingerprint density at radius 2 is 1.97 bits per heavy atom. The van der Waals surface area contributed by atoms with E-state index in [9.17, 15) is 22.8 Å². The number of Topliss-reactive ketones (excluding diaryl/α,β-unsaturated/α-hetero) is 1. The summed E-state index contributed by atoms with van der Waals surface area (Å²) in [6.45, 7) is 3.94. The number of alkyl halides is 3. The van der Waals surface area contributed by atoms with Crippen LogP contribution in [0.15, 0.2) is 18.2 Å². The fourth-order valence-electron chi connectivity index (χ4n) is 4.36. The smallest absolute Gasteiger partial charge is 0.406 e. The van der Waals surface area contributed by atoms with Crippen LogP contribution < -0.4 is 4.74 Å². The van der Waals surface area contributed by atoms with Gasteiger partial charge >= 0.3 is 12.4 Å². The SMILES string of the molecule is Cc1cc(C2CN(C(=O)N3CC[C@@H]4OCC(=O)C[C@@H]4C3)C2)ccc1OC(F)(F)F. The van der Waals surface area contributed by atoms with E-state index in [2.05, 4.69) is 4.74 Å². The molecule has 0 N–H and O–H groups in total. The quantitative estimate of drug-likeness (QED) is 0.749. The van der Waals surface area contributed by atoms with E-state index in [4.69, 9.17) is 4.74 Å². The van der Waals surface area contributed by atoms with Crippen molar-refractivity contribution in [3.05, 3.63) is 29.3 Å². The number of piperidine rings is 1. The zero-order valence-electron chi connectivity index (χ0n) is 16.1. The number of aryl methyl sites for hydroxylation is 1. The molecule has 0 saturated carbocycles. The third-order valence-corrected chi connectivity index (χ3v) is 5.93. The Labute approximate surface area is 166 Å². The largest absolute Gasteiger partial charge is 0.573 e. The molecule has 3 heterocycles. The number of halogens is 3. The Kier molecular flexibility index (Phi) is 5.18. The van der Waals surface area contributed by atoms with E-state index < -0.39 is 6.36 Å². The van der Waals surface area contributed by atoms with E-state index in [1.54, 1.807) is 28.9 Å². The van der Waals surface area contributed by atoms with Crippen LogP contribution in [0.2, 0.25) is 0 Å². The zero-order chi connectivity index (χ0) is 20.8. The maximum atomic E-state index is 12.8. The fraction of sp³-hybridized carbons (Fsp3) is 0.600. The normalized spacial score (nSPS) is 25.4. The highest BCUT2D eigenvalue weighted by atomic mass is 19.4. The van der Waals surface area contributed by atoms with Gasteiger partial charge in [-0.05, 0) is 30.5 Å². The van der Waals surface area contributed by atoms with Gasteiger partial charge in [-0.2, -0.15) is 0 Å². The Balaban J connectivity index is 1.32. The second kappa shape index (κ2) is 7.51. The van der Waals surface area contributed by atoms with Gasteiger partial charge in [-0.25, -0.2) is 4.79 Å². The summed E-state index contributed by atoms with van der Waals surface area (Å²) < 4.78 is 46.8. The molecular weight excluding hydrogens is 389 g/mol. The van der Waals surface area contributed by atoms with Crippen molar-refractivity contribution in [2.75, 3.05) is 32.8 Å². The van der Waals surface area contributed by atoms with Gasteiger partial charge < -0.3 is 19.3 Å². The van der Waals surface area contributed by atoms with E-state index in [0.29, 0.717) is 38.2 Å². The second-order valence-electron chi connectivity index (χ2n) is 8.04. The summed E-state index contributed by atoms with van der Waals surface area (Å²) in [7, 11) is 0. The maximum absolute atomic E-state index is 12.8. The first-order valence-corrected chi connectivity index (χ1v) is 9.73. The number of rotatable bonds is 2. The maximum Gasteiger partial charge on any atom is 0.573 e. The number of carbonyl (C=O) groups is 2. The molecule has 0 unspecified atom stereocenters. The molecule has 29 heavy (non-hydrogen) atoms. The Morgan fingerprint density at radius 1 is 1.21 bits per heavy atom. The van der Waals surface area contributed by atoms with Gasteiger partial charge in [0.15, 0.2) is 5.78 Å². The molecule has 2 amide bonds. The van der Waals surface area contributed by atoms with Crippen molar-refractivity contribution < 1.29 is 32.2 Å². The van der Waals surface area contributed by atoms with Gasteiger partial charge in [0.25, 0.3) is 0 Å². The lowest BCUT2D eigenvalue weighted by Crippen LogP contribution is -2.58. The average Bonchev–Trinajstić information content (AvgIpc) is 2.61. The monoisotopic (exact) mass is 412 g/mol. The highest BCUT2D eigenvalue weighted by Crippen LogP contribution is 2.34. The minimum atomic E-state index is -4.71. The van der Waals surface area contributed by atoms with Crippen molar-refractivity contribution in [1.82, 2.24) is 9.80 Å². The highest BCUT2D eigenvalue weighted by molar-refractivity contribution is 5.81. The van der Waals surface area contributed by atoms with Crippen molar-refractivity contribution in [3.8, 4) is 5.75 Å². The second-order valence-corrected chi connectivity index (χ2v) is 8.04. The molecule has 3 saturated heterocycles. The van der Waals surface area contributed by atoms with Crippen molar-refractivity contribution >= 4 is 11.8 Å². The molecular formula is C20H23F3N2O4. The first-order valence-electron chi connectivity index (χ1n) is 9.73. The Morgan fingerprint density at radius 3 is 2.66 bits per heavy atom. The van der Waals surface area contributed by atoms with Crippen molar-refractivity contribution in [3.63, 3.8) is 0 Å². The summed E-state index contributed by atoms with van der Waals surface area (Å²) in [6, 6.07) is 4.58. The number of ether oxygens (including phenoxy) is 2. The molecule has 3 aliphatic heterocycles. The minimum Gasteiger partial charge on any atom is -0.406 e. The predicted octanol–water partition coefficient (Wildman–Crippen LogP) is 3.09. The molecule has 9 heteroatoms. The van der Waals surface area contributed by atoms with Gasteiger partial charge in [-0.1, -0.05) is 12.1 Å². The number of hydrogen-bond acceptors (Lipinski definition) is 4. The molecule has 1 aromatic rings. The number of urea groups is 1. The summed E-state index contributed by atoms with van der Waals surface area (Å²) in [4.78, 5) is 27.9. The number of ketones is 1. The van der Waals surface area contributed by atoms with Crippen LogP contribution in [0.25, 0.3) is 0 Å². The van der Waals surface area contributed by atoms with Crippen LogP contribution in [-0.2, 0) is 9.53 Å². The number of fused-ring (bicyclic) bond motifs is 1. The summed E-state index contributed by atoms with van der Waals surface area (Å²) in [5, 5.41) is 0. The van der Waals surface area contributed by atoms with Crippen molar-refractivity contribution in [2.24, 2.45) is 5.92 Å². The number of hydrogen-bond donors (Lipinski definition) is 0. The molecule has 158 valence electrons. The third-order valence-electron chi connectivity index (χ3n) is 5.93. The summed E-state index contributed by atoms with van der Waals surface area (Å²) >= 11 is 0. The van der Waals surface area contributed by atoms with Crippen LogP contribution >= 0.6 is 0 Å². The molecule has 3 aliphatic rings. The van der Waals surface area contributed by atoms with Crippen molar-refractivity contribution in [1.29, 1.82) is 0 Å². The average molecular weight is 412 g/mol. The number of benzene rings is 1. The van der Waals surface area contributed by atoms with Crippen molar-refractivity contribution in [2.45, 2.75) is 38.1 Å². The van der Waals surface area contributed by atoms with E-state index in [-0.39, 0.29) is 42.1 Å². The van der Waals surface area contributed by atoms with E-state index in [0.717, 1.165) is 12.0 Å². The third kappa shape index (κ3) is 4.34. The lowest BCUT2D eigenvalue weighted by molar-refractivity contribution is -0.274. The van der Waals surface area contributed by atoms with Crippen LogP contribution in [0.5, 0.6) is 5.75 Å². The number of likely N-dealkylation sites (tertiary alicyclic amines) is 2. The van der Waals surface area contributed by atoms with Crippen LogP contribution in [-0.4, -0.2) is 66.9 Å². The molecule has 2 atom stereocenters. The lowest BCUT2D eigenvalue weighted by Gasteiger charge is -2.46. The van der Waals surface area contributed by atoms with Gasteiger partial charge in [0.05, 0.1) is 6.10 Å². The molecule has 0 radical (unpaired) electrons. The summed E-state index contributed by atoms with van der Waals surface area (Å²) in [6.07, 6.45) is -3.46. The first-order chi connectivity index (χ1) is 13.7. The molecule has 1 aromatic carbocycles. The summed E-state index contributed by atoms with van der Waals surface area (Å²) in [5.41, 5.74) is 1.31. The molecule has 6 nitrogen and oxygen atoms in total. The predicted molar refractivity (Wildman–Crippen MR) is 96.6 cm³/mol. The molecule has 0 aromatic heterocycles. The molecule has 0 spiro atoms. The van der Waals surface area contributed by atoms with Gasteiger partial charge in [0, 0.05) is 44.4 Å². The van der Waals surface area contributed by atoms with E-state index in [1.165, 1.54) is 6.07 Å². The van der Waals surface area contributed by atoms with Crippen LogP contribution in [0.1, 0.15) is 29.9 Å². The first kappa shape index (κ1) is 20.0. The minimum absolute atomic E-state index is 0.0496.